The number of halogens is 3. The number of nitrogens with one attached hydrogen (secondary N) is 1. The van der Waals surface area contributed by atoms with Crippen molar-refractivity contribution in [2.75, 3.05) is 0 Å². The highest BCUT2D eigenvalue weighted by molar-refractivity contribution is 6.13. The standard InChI is InChI=1S/C6H9BF3N3/c1-5(2,7)13-3-12-4(11)6(8,9)10/h3H,1-2H3,(H2,11,12,13)/p+1. The Morgan fingerprint density at radius 3 is 2.23 bits per heavy atom. The van der Waals surface area contributed by atoms with Gasteiger partial charge in [-0.2, -0.15) is 13.2 Å². The molecule has 3 nitrogen and oxygen atoms in total. The van der Waals surface area contributed by atoms with E-state index in [1.807, 2.05) is 0 Å². The Morgan fingerprint density at radius 1 is 1.46 bits per heavy atom. The number of nitrogens with zero attached hydrogens (tertiary/aromatic N) is 1. The maximum absolute atomic E-state index is 11.7. The third-order valence-corrected chi connectivity index (χ3v) is 0.931. The van der Waals surface area contributed by atoms with Gasteiger partial charge < -0.3 is 5.73 Å². The molecule has 0 aromatic heterocycles. The highest BCUT2D eigenvalue weighted by Gasteiger charge is 2.37. The van der Waals surface area contributed by atoms with Crippen LogP contribution in [0.2, 0.25) is 0 Å². The molecule has 13 heavy (non-hydrogen) atoms. The quantitative estimate of drug-likeness (QED) is 0.326. The van der Waals surface area contributed by atoms with E-state index in [2.05, 4.69) is 15.7 Å². The maximum Gasteiger partial charge on any atom is 0.474 e. The van der Waals surface area contributed by atoms with Crippen LogP contribution in [0.1, 0.15) is 13.8 Å². The lowest BCUT2D eigenvalue weighted by Gasteiger charge is -2.06. The Bertz CT molecular complexity index is 226. The molecule has 0 aliphatic rings. The summed E-state index contributed by atoms with van der Waals surface area (Å²) in [6, 6.07) is 0. The van der Waals surface area contributed by atoms with E-state index in [0.717, 1.165) is 6.34 Å². The van der Waals surface area contributed by atoms with Gasteiger partial charge in [0.05, 0.1) is 5.44 Å². The molecule has 0 atom stereocenters. The molecule has 0 aromatic rings. The van der Waals surface area contributed by atoms with Crippen LogP contribution in [0.5, 0.6) is 0 Å². The predicted molar refractivity (Wildman–Crippen MR) is 44.5 cm³/mol. The first-order chi connectivity index (χ1) is 5.63. The lowest BCUT2D eigenvalue weighted by Crippen LogP contribution is -2.83. The van der Waals surface area contributed by atoms with Crippen LogP contribution in [-0.2, 0) is 0 Å². The molecule has 0 spiro atoms. The lowest BCUT2D eigenvalue weighted by molar-refractivity contribution is -0.510. The summed E-state index contributed by atoms with van der Waals surface area (Å²) in [6.45, 7) is 3.14. The number of amidine groups is 1. The number of aliphatic imine (C=N–C) groups is 1. The monoisotopic (exact) mass is 192 g/mol. The predicted octanol–water partition coefficient (Wildman–Crippen LogP) is -1.08. The van der Waals surface area contributed by atoms with Crippen LogP contribution in [0.4, 0.5) is 13.2 Å². The highest BCUT2D eigenvalue weighted by Crippen LogP contribution is 2.13. The zero-order valence-corrected chi connectivity index (χ0v) is 7.31. The zero-order chi connectivity index (χ0) is 10.7. The van der Waals surface area contributed by atoms with Gasteiger partial charge in [0, 0.05) is 0 Å². The van der Waals surface area contributed by atoms with Crippen LogP contribution >= 0.6 is 0 Å². The first-order valence-corrected chi connectivity index (χ1v) is 3.41. The van der Waals surface area contributed by atoms with Crippen molar-refractivity contribution >= 4 is 20.0 Å². The molecule has 0 bridgehead atoms. The second-order valence-corrected chi connectivity index (χ2v) is 3.01. The van der Waals surface area contributed by atoms with Crippen molar-refractivity contribution in [3.63, 3.8) is 0 Å². The Kier molecular flexibility index (Phi) is 3.51. The van der Waals surface area contributed by atoms with E-state index in [1.165, 1.54) is 0 Å². The lowest BCUT2D eigenvalue weighted by atomic mass is 9.83. The van der Waals surface area contributed by atoms with Crippen LogP contribution in [-0.4, -0.2) is 31.6 Å². The van der Waals surface area contributed by atoms with E-state index >= 15 is 0 Å². The summed E-state index contributed by atoms with van der Waals surface area (Å²) in [6.07, 6.45) is -3.78. The molecule has 0 aromatic carbocycles. The second-order valence-electron chi connectivity index (χ2n) is 3.01. The fourth-order valence-electron chi connectivity index (χ4n) is 0.341. The van der Waals surface area contributed by atoms with E-state index in [0.29, 0.717) is 0 Å². The molecule has 0 saturated carbocycles. The van der Waals surface area contributed by atoms with Gasteiger partial charge in [0.1, 0.15) is 7.85 Å². The third-order valence-electron chi connectivity index (χ3n) is 0.931. The van der Waals surface area contributed by atoms with Crippen LogP contribution in [0.15, 0.2) is 4.99 Å². The molecule has 0 unspecified atom stereocenters. The summed E-state index contributed by atoms with van der Waals surface area (Å²) in [4.78, 5) is 5.34. The van der Waals surface area contributed by atoms with Crippen molar-refractivity contribution in [2.24, 2.45) is 10.7 Å². The van der Waals surface area contributed by atoms with Gasteiger partial charge in [-0.05, 0) is 18.8 Å². The average Bonchev–Trinajstić information content (AvgIpc) is 1.82. The van der Waals surface area contributed by atoms with Crippen molar-refractivity contribution in [1.29, 1.82) is 0 Å². The minimum absolute atomic E-state index is 0.822. The maximum atomic E-state index is 11.7. The van der Waals surface area contributed by atoms with Gasteiger partial charge in [0.25, 0.3) is 6.34 Å². The van der Waals surface area contributed by atoms with Crippen molar-refractivity contribution in [3.05, 3.63) is 0 Å². The Morgan fingerprint density at radius 2 is 1.92 bits per heavy atom. The van der Waals surface area contributed by atoms with Gasteiger partial charge >= 0.3 is 12.0 Å². The average molecular weight is 192 g/mol. The molecular formula is C6H10BF3N3+. The van der Waals surface area contributed by atoms with E-state index in [1.54, 1.807) is 13.8 Å². The summed E-state index contributed by atoms with van der Waals surface area (Å²) < 4.78 is 35.2. The Labute approximate surface area is 75.3 Å². The second kappa shape index (κ2) is 3.80. The molecular weight excluding hydrogens is 182 g/mol. The van der Waals surface area contributed by atoms with Gasteiger partial charge in [-0.1, -0.05) is 0 Å². The SMILES string of the molecule is [B]C(C)(C)[NH+]=CN=C(N)C(F)(F)F. The van der Waals surface area contributed by atoms with Crippen LogP contribution in [0, 0.1) is 0 Å². The largest absolute Gasteiger partial charge is 0.474 e. The minimum Gasteiger partial charge on any atom is -0.359 e. The van der Waals surface area contributed by atoms with Crippen molar-refractivity contribution < 1.29 is 18.2 Å². The summed E-state index contributed by atoms with van der Waals surface area (Å²) in [5.41, 5.74) is 3.77. The Balaban J connectivity index is 4.37. The van der Waals surface area contributed by atoms with E-state index in [-0.39, 0.29) is 0 Å². The molecule has 0 amide bonds. The summed E-state index contributed by atoms with van der Waals surface area (Å²) in [5.74, 6) is -1.41. The molecule has 0 saturated heterocycles. The van der Waals surface area contributed by atoms with Gasteiger partial charge in [0.15, 0.2) is 0 Å². The number of hydrogen-bond acceptors (Lipinski definition) is 0. The first-order valence-electron chi connectivity index (χ1n) is 3.41. The summed E-state index contributed by atoms with van der Waals surface area (Å²) in [7, 11) is 5.40. The molecule has 7 heteroatoms. The van der Waals surface area contributed by atoms with Crippen molar-refractivity contribution in [2.45, 2.75) is 25.5 Å². The molecule has 3 N–H and O–H groups in total. The van der Waals surface area contributed by atoms with Crippen LogP contribution < -0.4 is 10.7 Å². The van der Waals surface area contributed by atoms with Gasteiger partial charge in [-0.25, -0.2) is 0 Å². The fraction of sp³-hybridized carbons (Fsp3) is 0.667. The van der Waals surface area contributed by atoms with Crippen LogP contribution in [0.25, 0.3) is 0 Å². The third kappa shape index (κ3) is 6.18. The molecule has 2 radical (unpaired) electrons. The summed E-state index contributed by atoms with van der Waals surface area (Å²) in [5, 5.41) is 0. The van der Waals surface area contributed by atoms with Crippen LogP contribution in [0.3, 0.4) is 0 Å². The van der Waals surface area contributed by atoms with E-state index < -0.39 is 17.5 Å². The Hall–Kier alpha value is -1.01. The normalized spacial score (nSPS) is 15.3. The van der Waals surface area contributed by atoms with E-state index in [4.69, 9.17) is 7.85 Å². The highest BCUT2D eigenvalue weighted by atomic mass is 19.4. The molecule has 0 rings (SSSR count). The van der Waals surface area contributed by atoms with Gasteiger partial charge in [-0.3, -0.25) is 4.99 Å². The fourth-order valence-corrected chi connectivity index (χ4v) is 0.341. The minimum atomic E-state index is -4.60. The number of rotatable bonds is 2. The summed E-state index contributed by atoms with van der Waals surface area (Å²) >= 11 is 0. The number of nitrogens with two attached hydrogens (primary N) is 1. The molecule has 0 aliphatic carbocycles. The van der Waals surface area contributed by atoms with Gasteiger partial charge in [0.2, 0.25) is 0 Å². The smallest absolute Gasteiger partial charge is 0.359 e. The molecule has 0 heterocycles. The van der Waals surface area contributed by atoms with Crippen molar-refractivity contribution in [1.82, 2.24) is 0 Å². The topological polar surface area (TPSA) is 52.3 Å². The van der Waals surface area contributed by atoms with Crippen molar-refractivity contribution in [3.8, 4) is 0 Å². The molecule has 0 aliphatic heterocycles. The first kappa shape index (κ1) is 12.0. The zero-order valence-electron chi connectivity index (χ0n) is 7.31. The molecule has 0 fully saturated rings. The van der Waals surface area contributed by atoms with Gasteiger partial charge in [-0.15, -0.1) is 0 Å². The van der Waals surface area contributed by atoms with E-state index in [9.17, 15) is 13.2 Å². The molecule has 72 valence electrons. The number of alkyl halides is 3. The number of hydrogen-bond donors (Lipinski definition) is 2.